The summed E-state index contributed by atoms with van der Waals surface area (Å²) < 4.78 is 13.4. The van der Waals surface area contributed by atoms with Crippen LogP contribution in [0.4, 0.5) is 0 Å². The number of nitrogens with zero attached hydrogens (tertiary/aromatic N) is 4. The van der Waals surface area contributed by atoms with E-state index >= 15 is 0 Å². The van der Waals surface area contributed by atoms with Gasteiger partial charge in [0.15, 0.2) is 0 Å². The predicted octanol–water partition coefficient (Wildman–Crippen LogP) is 10.6. The number of fused-ring (bicyclic) bond motifs is 13. The largest absolute Gasteiger partial charge is 0.437 e. The molecule has 6 aromatic carbocycles. The van der Waals surface area contributed by atoms with Crippen molar-refractivity contribution < 1.29 is 4.42 Å². The Balaban J connectivity index is 1.28. The summed E-state index contributed by atoms with van der Waals surface area (Å²) in [6.45, 7) is 4.70. The second-order valence-electron chi connectivity index (χ2n) is 13.3. The third-order valence-electron chi connectivity index (χ3n) is 10.4. The molecule has 0 saturated heterocycles. The summed E-state index contributed by atoms with van der Waals surface area (Å²) in [5.41, 5.74) is 14.6. The zero-order valence-electron chi connectivity index (χ0n) is 25.9. The molecule has 5 heteroatoms. The van der Waals surface area contributed by atoms with Gasteiger partial charge in [0, 0.05) is 27.3 Å². The van der Waals surface area contributed by atoms with Crippen LogP contribution in [0.2, 0.25) is 0 Å². The summed E-state index contributed by atoms with van der Waals surface area (Å²) >= 11 is 0. The number of furan rings is 1. The second-order valence-corrected chi connectivity index (χ2v) is 13.3. The van der Waals surface area contributed by atoms with Crippen LogP contribution < -0.4 is 0 Å². The van der Waals surface area contributed by atoms with Crippen LogP contribution >= 0.6 is 0 Å². The Labute approximate surface area is 269 Å². The van der Waals surface area contributed by atoms with Crippen molar-refractivity contribution in [2.45, 2.75) is 19.3 Å². The first-order valence-electron chi connectivity index (χ1n) is 16.2. The Hall–Kier alpha value is -6.07. The second kappa shape index (κ2) is 8.59. The summed E-state index contributed by atoms with van der Waals surface area (Å²) in [4.78, 5) is 5.15. The van der Waals surface area contributed by atoms with E-state index in [1.165, 1.54) is 44.1 Å². The summed E-state index contributed by atoms with van der Waals surface area (Å²) in [5, 5.41) is 3.51. The molecule has 1 aliphatic rings. The Morgan fingerprint density at radius 1 is 0.553 bits per heavy atom. The first kappa shape index (κ1) is 25.2. The van der Waals surface area contributed by atoms with Gasteiger partial charge in [-0.2, -0.15) is 0 Å². The fourth-order valence-corrected chi connectivity index (χ4v) is 8.29. The quantitative estimate of drug-likeness (QED) is 0.197. The number of hydrogen-bond donors (Lipinski definition) is 0. The van der Waals surface area contributed by atoms with Gasteiger partial charge in [-0.3, -0.25) is 4.57 Å². The minimum atomic E-state index is -0.0867. The highest BCUT2D eigenvalue weighted by Gasteiger charge is 2.36. The van der Waals surface area contributed by atoms with Gasteiger partial charge in [0.2, 0.25) is 11.5 Å². The van der Waals surface area contributed by atoms with E-state index in [0.29, 0.717) is 0 Å². The molecule has 222 valence electrons. The van der Waals surface area contributed by atoms with Gasteiger partial charge in [-0.1, -0.05) is 80.6 Å². The molecule has 0 saturated carbocycles. The lowest BCUT2D eigenvalue weighted by molar-refractivity contribution is 0.651. The van der Waals surface area contributed by atoms with Crippen molar-refractivity contribution in [2.24, 2.45) is 0 Å². The van der Waals surface area contributed by atoms with Crippen molar-refractivity contribution >= 4 is 60.8 Å². The Kier molecular flexibility index (Phi) is 4.60. The highest BCUT2D eigenvalue weighted by molar-refractivity contribution is 6.13. The maximum Gasteiger partial charge on any atom is 0.232 e. The molecule has 4 aromatic heterocycles. The van der Waals surface area contributed by atoms with E-state index in [1.54, 1.807) is 0 Å². The van der Waals surface area contributed by atoms with Crippen LogP contribution in [-0.4, -0.2) is 18.5 Å². The van der Waals surface area contributed by atoms with Crippen LogP contribution in [0.3, 0.4) is 0 Å². The van der Waals surface area contributed by atoms with Crippen LogP contribution in [0.25, 0.3) is 83.3 Å². The number of para-hydroxylation sites is 4. The molecule has 1 aliphatic carbocycles. The van der Waals surface area contributed by atoms with E-state index in [0.717, 1.165) is 50.4 Å². The van der Waals surface area contributed by atoms with E-state index in [2.05, 4.69) is 143 Å². The van der Waals surface area contributed by atoms with Crippen molar-refractivity contribution in [1.82, 2.24) is 18.5 Å². The Morgan fingerprint density at radius 2 is 1.32 bits per heavy atom. The van der Waals surface area contributed by atoms with Crippen molar-refractivity contribution in [2.75, 3.05) is 0 Å². The lowest BCUT2D eigenvalue weighted by Crippen LogP contribution is -2.14. The molecule has 0 bridgehead atoms. The number of aromatic nitrogens is 4. The lowest BCUT2D eigenvalue weighted by atomic mass is 9.82. The van der Waals surface area contributed by atoms with Crippen molar-refractivity contribution in [3.05, 3.63) is 145 Å². The van der Waals surface area contributed by atoms with Gasteiger partial charge >= 0.3 is 0 Å². The SMILES string of the molecule is CC1(C)c2ccccc2-c2cc3c4cc(-n5c6c7ccccc7oc6n6c7ccccc7nc56)ccc4n(-c4ccccc4)c3cc21. The molecule has 0 amide bonds. The lowest BCUT2D eigenvalue weighted by Gasteiger charge is -2.21. The van der Waals surface area contributed by atoms with E-state index in [9.17, 15) is 0 Å². The van der Waals surface area contributed by atoms with Crippen molar-refractivity contribution in [1.29, 1.82) is 0 Å². The highest BCUT2D eigenvalue weighted by atomic mass is 16.3. The topological polar surface area (TPSA) is 40.3 Å². The molecule has 4 heterocycles. The Morgan fingerprint density at radius 3 is 2.23 bits per heavy atom. The first-order valence-corrected chi connectivity index (χ1v) is 16.2. The molecule has 0 unspecified atom stereocenters. The molecule has 0 spiro atoms. The summed E-state index contributed by atoms with van der Waals surface area (Å²) in [6, 6.07) is 47.9. The first-order chi connectivity index (χ1) is 23.1. The van der Waals surface area contributed by atoms with Crippen LogP contribution in [-0.2, 0) is 5.41 Å². The standard InChI is InChI=1S/C42H28N4O/c1-42(2)32-16-8-6-14-27(32)29-23-31-30-22-26(20-21-35(30)44(37(31)24-33(29)42)25-12-4-3-5-13-25)45-39-28-15-7-11-19-38(28)47-40(39)46-36-18-10-9-17-34(36)43-41(45)46/h3-24H,1-2H3. The maximum absolute atomic E-state index is 6.56. The third-order valence-corrected chi connectivity index (χ3v) is 10.4. The molecule has 47 heavy (non-hydrogen) atoms. The summed E-state index contributed by atoms with van der Waals surface area (Å²) in [7, 11) is 0. The molecule has 0 radical (unpaired) electrons. The molecule has 0 N–H and O–H groups in total. The van der Waals surface area contributed by atoms with E-state index < -0.39 is 0 Å². The minimum Gasteiger partial charge on any atom is -0.437 e. The van der Waals surface area contributed by atoms with Gasteiger partial charge in [0.05, 0.1) is 27.8 Å². The van der Waals surface area contributed by atoms with Crippen molar-refractivity contribution in [3.8, 4) is 22.5 Å². The van der Waals surface area contributed by atoms with Gasteiger partial charge in [0.1, 0.15) is 11.1 Å². The highest BCUT2D eigenvalue weighted by Crippen LogP contribution is 2.51. The zero-order chi connectivity index (χ0) is 31.0. The van der Waals surface area contributed by atoms with Crippen LogP contribution in [0.15, 0.2) is 138 Å². The number of rotatable bonds is 2. The monoisotopic (exact) mass is 604 g/mol. The zero-order valence-corrected chi connectivity index (χ0v) is 25.9. The van der Waals surface area contributed by atoms with Gasteiger partial charge in [0.25, 0.3) is 0 Å². The number of hydrogen-bond acceptors (Lipinski definition) is 2. The van der Waals surface area contributed by atoms with Gasteiger partial charge in [-0.15, -0.1) is 0 Å². The summed E-state index contributed by atoms with van der Waals surface area (Å²) in [5.74, 6) is 0.841. The smallest absolute Gasteiger partial charge is 0.232 e. The molecular weight excluding hydrogens is 576 g/mol. The average molecular weight is 605 g/mol. The van der Waals surface area contributed by atoms with Crippen LogP contribution in [0, 0.1) is 0 Å². The number of benzene rings is 6. The molecule has 0 atom stereocenters. The Bertz CT molecular complexity index is 2930. The average Bonchev–Trinajstić information content (AvgIpc) is 3.87. The van der Waals surface area contributed by atoms with E-state index in [4.69, 9.17) is 9.40 Å². The molecule has 0 aliphatic heterocycles. The van der Waals surface area contributed by atoms with Crippen LogP contribution in [0.1, 0.15) is 25.0 Å². The van der Waals surface area contributed by atoms with Gasteiger partial charge in [-0.05, 0) is 89.0 Å². The van der Waals surface area contributed by atoms with E-state index in [1.807, 2.05) is 18.2 Å². The third kappa shape index (κ3) is 3.11. The molecule has 5 nitrogen and oxygen atoms in total. The minimum absolute atomic E-state index is 0.0867. The van der Waals surface area contributed by atoms with Gasteiger partial charge in [-0.25, -0.2) is 9.38 Å². The van der Waals surface area contributed by atoms with Crippen molar-refractivity contribution in [3.63, 3.8) is 0 Å². The predicted molar refractivity (Wildman–Crippen MR) is 191 cm³/mol. The number of imidazole rings is 2. The fourth-order valence-electron chi connectivity index (χ4n) is 8.29. The molecule has 10 aromatic rings. The molecule has 0 fully saturated rings. The summed E-state index contributed by atoms with van der Waals surface area (Å²) in [6.07, 6.45) is 0. The van der Waals surface area contributed by atoms with Crippen LogP contribution in [0.5, 0.6) is 0 Å². The maximum atomic E-state index is 6.56. The molecular formula is C42H28N4O. The molecule has 11 rings (SSSR count). The van der Waals surface area contributed by atoms with E-state index in [-0.39, 0.29) is 5.41 Å². The fraction of sp³-hybridized carbons (Fsp3) is 0.0714. The van der Waals surface area contributed by atoms with Gasteiger partial charge < -0.3 is 8.98 Å². The normalized spacial score (nSPS) is 13.9.